The Morgan fingerprint density at radius 1 is 1.00 bits per heavy atom. The van der Waals surface area contributed by atoms with Crippen molar-refractivity contribution in [3.8, 4) is 5.75 Å². The van der Waals surface area contributed by atoms with Crippen molar-refractivity contribution in [2.75, 3.05) is 33.3 Å². The minimum absolute atomic E-state index is 0. The molecule has 2 aliphatic carbocycles. The third-order valence-electron chi connectivity index (χ3n) is 6.81. The summed E-state index contributed by atoms with van der Waals surface area (Å²) < 4.78 is 5.95. The maximum absolute atomic E-state index is 12.8. The maximum atomic E-state index is 12.8. The molecular formula is C25H29IN4O3. The van der Waals surface area contributed by atoms with Crippen LogP contribution < -0.4 is 15.4 Å². The van der Waals surface area contributed by atoms with Gasteiger partial charge in [0.05, 0.1) is 18.4 Å². The molecular weight excluding hydrogens is 531 g/mol. The fourth-order valence-corrected chi connectivity index (χ4v) is 5.34. The van der Waals surface area contributed by atoms with Gasteiger partial charge in [-0.25, -0.2) is 0 Å². The van der Waals surface area contributed by atoms with Crippen molar-refractivity contribution in [3.05, 3.63) is 54.6 Å². The number of nitrogens with one attached hydrogen (secondary N) is 2. The van der Waals surface area contributed by atoms with Crippen molar-refractivity contribution in [1.82, 2.24) is 15.5 Å². The van der Waals surface area contributed by atoms with Crippen LogP contribution in [-0.2, 0) is 9.59 Å². The van der Waals surface area contributed by atoms with Crippen molar-refractivity contribution in [2.24, 2.45) is 28.7 Å². The first-order chi connectivity index (χ1) is 15.7. The van der Waals surface area contributed by atoms with Gasteiger partial charge in [-0.3, -0.25) is 19.5 Å². The fourth-order valence-electron chi connectivity index (χ4n) is 5.34. The average Bonchev–Trinajstić information content (AvgIpc) is 3.50. The molecule has 3 aliphatic rings. The third-order valence-corrected chi connectivity index (χ3v) is 6.81. The standard InChI is InChI=1S/C25H28N4O3.HI/c1-26-25(28-12-14-32-20-8-4-6-16-5-2-3-7-19(16)20)27-11-13-29-23(30)21-17-9-10-18(15-17)22(21)24(29)31;/h2-10,17-18,21-22H,11-15H2,1H3,(H2,26,27,28);1H. The van der Waals surface area contributed by atoms with E-state index in [1.807, 2.05) is 24.3 Å². The second kappa shape index (κ2) is 10.1. The summed E-state index contributed by atoms with van der Waals surface area (Å²) in [5.41, 5.74) is 0. The van der Waals surface area contributed by atoms with Gasteiger partial charge in [0.25, 0.3) is 0 Å². The van der Waals surface area contributed by atoms with Gasteiger partial charge >= 0.3 is 0 Å². The number of amides is 2. The van der Waals surface area contributed by atoms with Crippen LogP contribution in [0.15, 0.2) is 59.6 Å². The van der Waals surface area contributed by atoms with E-state index < -0.39 is 0 Å². The number of fused-ring (bicyclic) bond motifs is 6. The topological polar surface area (TPSA) is 83.0 Å². The highest BCUT2D eigenvalue weighted by atomic mass is 127. The highest BCUT2D eigenvalue weighted by Gasteiger charge is 2.58. The first kappa shape index (κ1) is 23.5. The number of allylic oxidation sites excluding steroid dienone is 2. The summed E-state index contributed by atoms with van der Waals surface area (Å²) in [6.07, 6.45) is 5.19. The SMILES string of the molecule is CN=C(NCCOc1cccc2ccccc12)NCCN1C(=O)C2C3C=CC(C3)C2C1=O.I. The van der Waals surface area contributed by atoms with Gasteiger partial charge in [-0.1, -0.05) is 48.6 Å². The first-order valence-corrected chi connectivity index (χ1v) is 11.3. The molecule has 1 saturated carbocycles. The van der Waals surface area contributed by atoms with Crippen molar-refractivity contribution in [1.29, 1.82) is 0 Å². The molecule has 1 heterocycles. The Kier molecular flexibility index (Phi) is 7.21. The number of likely N-dealkylation sites (tertiary alicyclic amines) is 1. The van der Waals surface area contributed by atoms with Crippen molar-refractivity contribution in [3.63, 3.8) is 0 Å². The van der Waals surface area contributed by atoms with Crippen LogP contribution in [0.5, 0.6) is 5.75 Å². The predicted octanol–water partition coefficient (Wildman–Crippen LogP) is 2.81. The molecule has 1 aliphatic heterocycles. The molecule has 0 radical (unpaired) electrons. The average molecular weight is 560 g/mol. The van der Waals surface area contributed by atoms with Crippen molar-refractivity contribution in [2.45, 2.75) is 6.42 Å². The van der Waals surface area contributed by atoms with E-state index in [4.69, 9.17) is 4.74 Å². The molecule has 7 nitrogen and oxygen atoms in total. The molecule has 0 spiro atoms. The molecule has 1 saturated heterocycles. The number of nitrogens with zero attached hydrogens (tertiary/aromatic N) is 2. The quantitative estimate of drug-likeness (QED) is 0.136. The Labute approximate surface area is 210 Å². The Balaban J connectivity index is 0.00000259. The molecule has 33 heavy (non-hydrogen) atoms. The van der Waals surface area contributed by atoms with Crippen LogP contribution in [0.1, 0.15) is 6.42 Å². The lowest BCUT2D eigenvalue weighted by molar-refractivity contribution is -0.140. The van der Waals surface area contributed by atoms with Gasteiger partial charge < -0.3 is 15.4 Å². The van der Waals surface area contributed by atoms with Crippen LogP contribution >= 0.6 is 24.0 Å². The number of imide groups is 1. The van der Waals surface area contributed by atoms with E-state index in [9.17, 15) is 9.59 Å². The first-order valence-electron chi connectivity index (χ1n) is 11.3. The second-order valence-electron chi connectivity index (χ2n) is 8.58. The monoisotopic (exact) mass is 560 g/mol. The molecule has 2 bridgehead atoms. The largest absolute Gasteiger partial charge is 0.491 e. The summed E-state index contributed by atoms with van der Waals surface area (Å²) in [4.78, 5) is 31.2. The normalized spacial score (nSPS) is 25.4. The summed E-state index contributed by atoms with van der Waals surface area (Å²) >= 11 is 0. The molecule has 0 aromatic heterocycles. The van der Waals surface area contributed by atoms with Crippen LogP contribution in [0.25, 0.3) is 10.8 Å². The molecule has 2 aromatic carbocycles. The lowest BCUT2D eigenvalue weighted by Crippen LogP contribution is -2.44. The van der Waals surface area contributed by atoms with Gasteiger partial charge in [0.15, 0.2) is 5.96 Å². The van der Waals surface area contributed by atoms with Gasteiger partial charge in [-0.15, -0.1) is 24.0 Å². The summed E-state index contributed by atoms with van der Waals surface area (Å²) in [5.74, 6) is 1.67. The van der Waals surface area contributed by atoms with Crippen LogP contribution in [-0.4, -0.2) is 56.0 Å². The highest BCUT2D eigenvalue weighted by Crippen LogP contribution is 2.52. The van der Waals surface area contributed by atoms with Gasteiger partial charge in [0.2, 0.25) is 11.8 Å². The van der Waals surface area contributed by atoms with E-state index in [1.54, 1.807) is 7.05 Å². The zero-order chi connectivity index (χ0) is 22.1. The van der Waals surface area contributed by atoms with E-state index in [-0.39, 0.29) is 59.5 Å². The number of benzene rings is 2. The molecule has 174 valence electrons. The maximum Gasteiger partial charge on any atom is 0.233 e. The van der Waals surface area contributed by atoms with E-state index in [0.29, 0.717) is 32.2 Å². The van der Waals surface area contributed by atoms with Gasteiger partial charge in [-0.2, -0.15) is 0 Å². The smallest absolute Gasteiger partial charge is 0.233 e. The Hall–Kier alpha value is -2.62. The number of hydrogen-bond donors (Lipinski definition) is 2. The summed E-state index contributed by atoms with van der Waals surface area (Å²) in [6, 6.07) is 14.2. The number of ether oxygens (including phenoxy) is 1. The van der Waals surface area contributed by atoms with Crippen LogP contribution in [0.3, 0.4) is 0 Å². The molecule has 4 atom stereocenters. The van der Waals surface area contributed by atoms with E-state index in [0.717, 1.165) is 22.9 Å². The van der Waals surface area contributed by atoms with Gasteiger partial charge in [0, 0.05) is 25.5 Å². The number of rotatable bonds is 7. The Bertz CT molecular complexity index is 1070. The number of carbonyl (C=O) groups is 2. The molecule has 2 amide bonds. The van der Waals surface area contributed by atoms with Crippen LogP contribution in [0, 0.1) is 23.7 Å². The second-order valence-corrected chi connectivity index (χ2v) is 8.58. The number of hydrogen-bond acceptors (Lipinski definition) is 4. The number of guanidine groups is 1. The number of aliphatic imine (C=N–C) groups is 1. The van der Waals surface area contributed by atoms with E-state index >= 15 is 0 Å². The highest BCUT2D eigenvalue weighted by molar-refractivity contribution is 14.0. The molecule has 8 heteroatoms. The van der Waals surface area contributed by atoms with Crippen molar-refractivity contribution >= 4 is 52.5 Å². The van der Waals surface area contributed by atoms with Gasteiger partial charge in [0.1, 0.15) is 12.4 Å². The summed E-state index contributed by atoms with van der Waals surface area (Å²) in [5, 5.41) is 8.64. The van der Waals surface area contributed by atoms with Crippen molar-refractivity contribution < 1.29 is 14.3 Å². The lowest BCUT2D eigenvalue weighted by atomic mass is 9.85. The lowest BCUT2D eigenvalue weighted by Gasteiger charge is -2.18. The van der Waals surface area contributed by atoms with E-state index in [2.05, 4.69) is 46.0 Å². The minimum Gasteiger partial charge on any atom is -0.491 e. The Morgan fingerprint density at radius 2 is 1.67 bits per heavy atom. The summed E-state index contributed by atoms with van der Waals surface area (Å²) in [6.45, 7) is 1.88. The molecule has 2 N–H and O–H groups in total. The fraction of sp³-hybridized carbons (Fsp3) is 0.400. The third kappa shape index (κ3) is 4.45. The molecule has 4 unspecified atom stereocenters. The molecule has 5 rings (SSSR count). The number of halogens is 1. The summed E-state index contributed by atoms with van der Waals surface area (Å²) in [7, 11) is 1.70. The zero-order valence-electron chi connectivity index (χ0n) is 18.6. The predicted molar refractivity (Wildman–Crippen MR) is 139 cm³/mol. The van der Waals surface area contributed by atoms with Gasteiger partial charge in [-0.05, 0) is 29.7 Å². The van der Waals surface area contributed by atoms with E-state index in [1.165, 1.54) is 4.90 Å². The molecule has 2 aromatic rings. The zero-order valence-corrected chi connectivity index (χ0v) is 20.9. The Morgan fingerprint density at radius 3 is 2.39 bits per heavy atom. The van der Waals surface area contributed by atoms with Crippen LogP contribution in [0.4, 0.5) is 0 Å². The van der Waals surface area contributed by atoms with Crippen LogP contribution in [0.2, 0.25) is 0 Å². The molecule has 2 fully saturated rings. The minimum atomic E-state index is -0.138. The number of carbonyl (C=O) groups excluding carboxylic acids is 2.